The second kappa shape index (κ2) is 5.39. The summed E-state index contributed by atoms with van der Waals surface area (Å²) >= 11 is 0. The normalized spacial score (nSPS) is 25.7. The average Bonchev–Trinajstić information content (AvgIpc) is 2.62. The van der Waals surface area contributed by atoms with Gasteiger partial charge < -0.3 is 10.1 Å². The van der Waals surface area contributed by atoms with Crippen LogP contribution >= 0.6 is 0 Å². The molecule has 1 amide bonds. The maximum Gasteiger partial charge on any atom is 0.252 e. The number of carbonyl (C=O) groups excluding carboxylic acids is 1. The van der Waals surface area contributed by atoms with E-state index in [0.717, 1.165) is 5.84 Å². The number of amidine groups is 1. The fourth-order valence-corrected chi connectivity index (χ4v) is 2.84. The highest BCUT2D eigenvalue weighted by Gasteiger charge is 2.39. The number of aliphatic imine (C=N–C) groups is 1. The molecule has 1 unspecified atom stereocenters. The van der Waals surface area contributed by atoms with Crippen molar-refractivity contribution in [2.45, 2.75) is 64.5 Å². The molecule has 1 saturated carbocycles. The fourth-order valence-electron chi connectivity index (χ4n) is 2.84. The van der Waals surface area contributed by atoms with E-state index in [-0.39, 0.29) is 12.0 Å². The van der Waals surface area contributed by atoms with Gasteiger partial charge in [0.05, 0.1) is 0 Å². The Kier molecular flexibility index (Phi) is 4.05. The van der Waals surface area contributed by atoms with Gasteiger partial charge in [0, 0.05) is 6.61 Å². The number of ether oxygens (including phenoxy) is 1. The number of hydrogen-bond donors (Lipinski definition) is 1. The van der Waals surface area contributed by atoms with Crippen molar-refractivity contribution in [2.75, 3.05) is 6.61 Å². The minimum Gasteiger partial charge on any atom is -0.370 e. The van der Waals surface area contributed by atoms with Gasteiger partial charge in [0.25, 0.3) is 5.91 Å². The molecule has 0 bridgehead atoms. The van der Waals surface area contributed by atoms with Gasteiger partial charge in [-0.25, -0.2) is 0 Å². The minimum atomic E-state index is -0.640. The zero-order valence-corrected chi connectivity index (χ0v) is 11.7. The third kappa shape index (κ3) is 2.74. The highest BCUT2D eigenvalue weighted by Crippen LogP contribution is 2.30. The smallest absolute Gasteiger partial charge is 0.252 e. The molecule has 0 spiro atoms. The molecule has 102 valence electrons. The van der Waals surface area contributed by atoms with Crippen LogP contribution in [0.15, 0.2) is 4.99 Å². The van der Waals surface area contributed by atoms with Crippen LogP contribution < -0.4 is 5.32 Å². The minimum absolute atomic E-state index is 0.0157. The number of nitrogens with one attached hydrogen (secondary N) is 1. The Morgan fingerprint density at radius 1 is 1.39 bits per heavy atom. The van der Waals surface area contributed by atoms with Gasteiger partial charge in [-0.15, -0.1) is 0 Å². The lowest BCUT2D eigenvalue weighted by Gasteiger charge is -2.29. The van der Waals surface area contributed by atoms with Gasteiger partial charge in [0.2, 0.25) is 0 Å². The summed E-state index contributed by atoms with van der Waals surface area (Å²) in [5.74, 6) is 1.24. The van der Waals surface area contributed by atoms with Crippen LogP contribution in [0.3, 0.4) is 0 Å². The van der Waals surface area contributed by atoms with Gasteiger partial charge in [-0.05, 0) is 39.5 Å². The van der Waals surface area contributed by atoms with Gasteiger partial charge in [0.1, 0.15) is 17.5 Å². The standard InChI is InChI=1S/C14H24N2O2/c1-4-18-11(10-8-6-5-7-9-10)12-15-13(17)14(2,3)16-12/h10-11H,4-9H2,1-3H3,(H,15,16,17). The molecule has 1 aliphatic carbocycles. The van der Waals surface area contributed by atoms with Gasteiger partial charge in [-0.1, -0.05) is 19.3 Å². The van der Waals surface area contributed by atoms with Crippen LogP contribution in [0.1, 0.15) is 52.9 Å². The largest absolute Gasteiger partial charge is 0.370 e. The molecule has 0 aromatic rings. The van der Waals surface area contributed by atoms with Crippen molar-refractivity contribution < 1.29 is 9.53 Å². The first-order valence-electron chi connectivity index (χ1n) is 7.07. The van der Waals surface area contributed by atoms with E-state index < -0.39 is 5.54 Å². The number of rotatable bonds is 4. The predicted molar refractivity (Wildman–Crippen MR) is 71.6 cm³/mol. The maximum absolute atomic E-state index is 11.8. The second-order valence-electron chi connectivity index (χ2n) is 5.78. The molecule has 0 aromatic carbocycles. The van der Waals surface area contributed by atoms with Crippen molar-refractivity contribution in [2.24, 2.45) is 10.9 Å². The predicted octanol–water partition coefficient (Wildman–Crippen LogP) is 2.28. The van der Waals surface area contributed by atoms with Crippen LogP contribution in [0.25, 0.3) is 0 Å². The molecule has 1 fully saturated rings. The van der Waals surface area contributed by atoms with Crippen LogP contribution in [-0.4, -0.2) is 30.0 Å². The van der Waals surface area contributed by atoms with E-state index in [1.165, 1.54) is 32.1 Å². The van der Waals surface area contributed by atoms with E-state index in [0.29, 0.717) is 12.5 Å². The van der Waals surface area contributed by atoms with Crippen LogP contribution in [0.2, 0.25) is 0 Å². The number of carbonyl (C=O) groups is 1. The zero-order valence-electron chi connectivity index (χ0n) is 11.7. The fraction of sp³-hybridized carbons (Fsp3) is 0.857. The Morgan fingerprint density at radius 2 is 2.06 bits per heavy atom. The Hall–Kier alpha value is -0.900. The molecular formula is C14H24N2O2. The molecule has 2 rings (SSSR count). The van der Waals surface area contributed by atoms with Crippen molar-refractivity contribution in [3.63, 3.8) is 0 Å². The first-order valence-corrected chi connectivity index (χ1v) is 7.07. The monoisotopic (exact) mass is 252 g/mol. The van der Waals surface area contributed by atoms with Gasteiger partial charge in [0.15, 0.2) is 0 Å². The molecule has 1 N–H and O–H groups in total. The topological polar surface area (TPSA) is 50.7 Å². The van der Waals surface area contributed by atoms with E-state index >= 15 is 0 Å². The van der Waals surface area contributed by atoms with E-state index in [4.69, 9.17) is 4.74 Å². The van der Waals surface area contributed by atoms with Crippen LogP contribution in [0.4, 0.5) is 0 Å². The maximum atomic E-state index is 11.8. The summed E-state index contributed by atoms with van der Waals surface area (Å²) in [4.78, 5) is 16.3. The van der Waals surface area contributed by atoms with Crippen molar-refractivity contribution in [3.8, 4) is 0 Å². The van der Waals surface area contributed by atoms with Crippen LogP contribution in [-0.2, 0) is 9.53 Å². The molecule has 1 atom stereocenters. The highest BCUT2D eigenvalue weighted by molar-refractivity contribution is 6.09. The lowest BCUT2D eigenvalue weighted by Crippen LogP contribution is -2.42. The van der Waals surface area contributed by atoms with Crippen LogP contribution in [0, 0.1) is 5.92 Å². The summed E-state index contributed by atoms with van der Waals surface area (Å²) < 4.78 is 5.86. The highest BCUT2D eigenvalue weighted by atomic mass is 16.5. The molecule has 18 heavy (non-hydrogen) atoms. The third-order valence-corrected chi connectivity index (χ3v) is 3.89. The van der Waals surface area contributed by atoms with E-state index in [2.05, 4.69) is 10.3 Å². The Labute approximate surface area is 109 Å². The third-order valence-electron chi connectivity index (χ3n) is 3.89. The molecule has 4 nitrogen and oxygen atoms in total. The number of hydrogen-bond acceptors (Lipinski definition) is 3. The van der Waals surface area contributed by atoms with E-state index in [1.807, 2.05) is 20.8 Å². The molecule has 0 aromatic heterocycles. The van der Waals surface area contributed by atoms with E-state index in [1.54, 1.807) is 0 Å². The second-order valence-corrected chi connectivity index (χ2v) is 5.78. The molecule has 1 aliphatic heterocycles. The summed E-state index contributed by atoms with van der Waals surface area (Å²) in [6, 6.07) is 0. The van der Waals surface area contributed by atoms with Crippen molar-refractivity contribution >= 4 is 11.7 Å². The molecule has 0 radical (unpaired) electrons. The quantitative estimate of drug-likeness (QED) is 0.834. The lowest BCUT2D eigenvalue weighted by molar-refractivity contribution is -0.122. The molecule has 0 saturated heterocycles. The van der Waals surface area contributed by atoms with Crippen LogP contribution in [0.5, 0.6) is 0 Å². The Morgan fingerprint density at radius 3 is 2.56 bits per heavy atom. The number of nitrogens with zero attached hydrogens (tertiary/aromatic N) is 1. The summed E-state index contributed by atoms with van der Waals surface area (Å²) in [6.07, 6.45) is 6.18. The number of amides is 1. The Balaban J connectivity index is 2.12. The first-order chi connectivity index (χ1) is 8.54. The van der Waals surface area contributed by atoms with Crippen molar-refractivity contribution in [1.82, 2.24) is 5.32 Å². The summed E-state index contributed by atoms with van der Waals surface area (Å²) in [6.45, 7) is 6.35. The van der Waals surface area contributed by atoms with Gasteiger partial charge in [-0.2, -0.15) is 0 Å². The van der Waals surface area contributed by atoms with Crippen molar-refractivity contribution in [3.05, 3.63) is 0 Å². The molecular weight excluding hydrogens is 228 g/mol. The Bertz CT molecular complexity index is 344. The van der Waals surface area contributed by atoms with Gasteiger partial charge in [-0.3, -0.25) is 9.79 Å². The summed E-state index contributed by atoms with van der Waals surface area (Å²) in [7, 11) is 0. The molecule has 4 heteroatoms. The summed E-state index contributed by atoms with van der Waals surface area (Å²) in [5.41, 5.74) is -0.640. The first kappa shape index (κ1) is 13.5. The average molecular weight is 252 g/mol. The SMILES string of the molecule is CCOC(C1=NC(C)(C)C(=O)N1)C1CCCCC1. The molecule has 2 aliphatic rings. The van der Waals surface area contributed by atoms with E-state index in [9.17, 15) is 4.79 Å². The lowest BCUT2D eigenvalue weighted by atomic mass is 9.84. The van der Waals surface area contributed by atoms with Crippen molar-refractivity contribution in [1.29, 1.82) is 0 Å². The zero-order chi connectivity index (χ0) is 13.2. The molecule has 1 heterocycles. The van der Waals surface area contributed by atoms with Gasteiger partial charge >= 0.3 is 0 Å². The summed E-state index contributed by atoms with van der Waals surface area (Å²) in [5, 5.41) is 2.91.